The highest BCUT2D eigenvalue weighted by atomic mass is 32.2. The van der Waals surface area contributed by atoms with E-state index in [0.717, 1.165) is 35.7 Å². The van der Waals surface area contributed by atoms with Crippen LogP contribution in [-0.4, -0.2) is 12.8 Å². The van der Waals surface area contributed by atoms with Gasteiger partial charge in [0.05, 0.1) is 0 Å². The fourth-order valence-corrected chi connectivity index (χ4v) is 5.12. The second-order valence-electron chi connectivity index (χ2n) is 5.92. The van der Waals surface area contributed by atoms with E-state index in [2.05, 4.69) is 26.5 Å². The van der Waals surface area contributed by atoms with Crippen LogP contribution in [-0.2, 0) is 29.7 Å². The molecule has 1 aliphatic heterocycles. The van der Waals surface area contributed by atoms with Crippen LogP contribution in [0.4, 0.5) is 0 Å². The second-order valence-corrected chi connectivity index (χ2v) is 8.29. The molecule has 2 N–H and O–H groups in total. The van der Waals surface area contributed by atoms with E-state index < -0.39 is 10.0 Å². The van der Waals surface area contributed by atoms with E-state index in [1.54, 1.807) is 5.38 Å². The number of benzene rings is 2. The van der Waals surface area contributed by atoms with Crippen LogP contribution in [0.2, 0.25) is 0 Å². The molecular weight excluding hydrogens is 354 g/mol. The van der Waals surface area contributed by atoms with E-state index in [0.29, 0.717) is 5.69 Å². The summed E-state index contributed by atoms with van der Waals surface area (Å²) >= 11 is 1.15. The van der Waals surface area contributed by atoms with Gasteiger partial charge in [-0.1, -0.05) is 48.5 Å². The van der Waals surface area contributed by atoms with Crippen LogP contribution < -0.4 is 10.0 Å². The Morgan fingerprint density at radius 1 is 1.08 bits per heavy atom. The van der Waals surface area contributed by atoms with E-state index in [9.17, 15) is 8.42 Å². The number of aromatic nitrogens is 1. The summed E-state index contributed by atoms with van der Waals surface area (Å²) in [6, 6.07) is 15.4. The van der Waals surface area contributed by atoms with E-state index in [1.807, 2.05) is 36.4 Å². The Labute approximate surface area is 150 Å². The van der Waals surface area contributed by atoms with Crippen molar-refractivity contribution in [2.45, 2.75) is 24.5 Å². The minimum absolute atomic E-state index is 0.228. The highest BCUT2D eigenvalue weighted by Gasteiger charge is 2.22. The summed E-state index contributed by atoms with van der Waals surface area (Å²) in [5, 5.41) is 4.87. The van der Waals surface area contributed by atoms with Gasteiger partial charge in [0.15, 0.2) is 0 Å². The predicted octanol–water partition coefficient (Wildman–Crippen LogP) is 2.89. The Morgan fingerprint density at radius 2 is 1.88 bits per heavy atom. The molecular formula is C18H17N3O2S2. The molecule has 5 nitrogen and oxygen atoms in total. The van der Waals surface area contributed by atoms with Crippen molar-refractivity contribution in [3.8, 4) is 11.3 Å². The fraction of sp³-hybridized carbons (Fsp3) is 0.167. The molecule has 0 unspecified atom stereocenters. The van der Waals surface area contributed by atoms with Crippen LogP contribution in [0, 0.1) is 0 Å². The Balaban J connectivity index is 1.56. The minimum atomic E-state index is -3.63. The maximum absolute atomic E-state index is 12.7. The van der Waals surface area contributed by atoms with Crippen molar-refractivity contribution in [2.24, 2.45) is 0 Å². The number of hydrogen-bond donors (Lipinski definition) is 2. The molecule has 0 radical (unpaired) electrons. The second kappa shape index (κ2) is 6.68. The topological polar surface area (TPSA) is 71.1 Å². The molecule has 0 spiro atoms. The largest absolute Gasteiger partial charge is 0.309 e. The fourth-order valence-electron chi connectivity index (χ4n) is 2.92. The van der Waals surface area contributed by atoms with Gasteiger partial charge >= 0.3 is 0 Å². The maximum atomic E-state index is 12.7. The summed E-state index contributed by atoms with van der Waals surface area (Å²) < 4.78 is 32.4. The number of sulfonamides is 1. The third kappa shape index (κ3) is 3.36. The first-order valence-electron chi connectivity index (χ1n) is 7.94. The highest BCUT2D eigenvalue weighted by molar-refractivity contribution is 7.89. The Kier molecular flexibility index (Phi) is 4.39. The third-order valence-corrected chi connectivity index (χ3v) is 6.43. The van der Waals surface area contributed by atoms with Crippen molar-refractivity contribution in [3.05, 3.63) is 70.6 Å². The first kappa shape index (κ1) is 16.4. The number of fused-ring (bicyclic) bond motifs is 1. The predicted molar refractivity (Wildman–Crippen MR) is 98.6 cm³/mol. The highest BCUT2D eigenvalue weighted by Crippen LogP contribution is 2.27. The summed E-state index contributed by atoms with van der Waals surface area (Å²) in [7, 11) is -3.63. The number of rotatable bonds is 5. The van der Waals surface area contributed by atoms with Crippen LogP contribution in [0.1, 0.15) is 16.7 Å². The number of nitrogens with zero attached hydrogens (tertiary/aromatic N) is 1. The molecule has 0 saturated carbocycles. The zero-order chi connectivity index (χ0) is 17.3. The lowest BCUT2D eigenvalue weighted by Gasteiger charge is -2.08. The van der Waals surface area contributed by atoms with Gasteiger partial charge < -0.3 is 5.32 Å². The summed E-state index contributed by atoms with van der Waals surface area (Å²) in [6.07, 6.45) is 0. The molecule has 1 aliphatic rings. The van der Waals surface area contributed by atoms with Gasteiger partial charge in [-0.25, -0.2) is 13.1 Å². The molecule has 0 aliphatic carbocycles. The lowest BCUT2D eigenvalue weighted by atomic mass is 10.1. The van der Waals surface area contributed by atoms with E-state index in [4.69, 9.17) is 0 Å². The van der Waals surface area contributed by atoms with Gasteiger partial charge in [0, 0.05) is 30.6 Å². The Morgan fingerprint density at radius 3 is 2.72 bits per heavy atom. The molecule has 0 fully saturated rings. The molecule has 3 aromatic rings. The normalized spacial score (nSPS) is 13.8. The van der Waals surface area contributed by atoms with Crippen LogP contribution in [0.25, 0.3) is 11.3 Å². The SMILES string of the molecule is O=S(=O)(NCc1ccc2c(c1)CNC2)c1csnc1-c1ccccc1. The number of nitrogens with one attached hydrogen (secondary N) is 2. The molecule has 7 heteroatoms. The van der Waals surface area contributed by atoms with Gasteiger partial charge in [-0.15, -0.1) is 0 Å². The van der Waals surface area contributed by atoms with Crippen LogP contribution >= 0.6 is 11.5 Å². The first-order chi connectivity index (χ1) is 12.1. The first-order valence-corrected chi connectivity index (χ1v) is 10.3. The third-order valence-electron chi connectivity index (χ3n) is 4.24. The van der Waals surface area contributed by atoms with E-state index >= 15 is 0 Å². The molecule has 2 aromatic carbocycles. The lowest BCUT2D eigenvalue weighted by Crippen LogP contribution is -2.23. The van der Waals surface area contributed by atoms with Crippen molar-refractivity contribution in [2.75, 3.05) is 0 Å². The zero-order valence-electron chi connectivity index (χ0n) is 13.4. The van der Waals surface area contributed by atoms with Crippen LogP contribution in [0.5, 0.6) is 0 Å². The van der Waals surface area contributed by atoms with Crippen molar-refractivity contribution >= 4 is 21.6 Å². The average molecular weight is 371 g/mol. The van der Waals surface area contributed by atoms with Gasteiger partial charge in [0.25, 0.3) is 0 Å². The molecule has 1 aromatic heterocycles. The quantitative estimate of drug-likeness (QED) is 0.723. The summed E-state index contributed by atoms with van der Waals surface area (Å²) in [4.78, 5) is 0.228. The Bertz CT molecular complexity index is 998. The average Bonchev–Trinajstić information content (AvgIpc) is 3.30. The molecule has 0 atom stereocenters. The molecule has 128 valence electrons. The van der Waals surface area contributed by atoms with E-state index in [-0.39, 0.29) is 11.4 Å². The summed E-state index contributed by atoms with van der Waals surface area (Å²) in [5.74, 6) is 0. The van der Waals surface area contributed by atoms with Crippen molar-refractivity contribution < 1.29 is 8.42 Å². The molecule has 0 bridgehead atoms. The number of hydrogen-bond acceptors (Lipinski definition) is 5. The van der Waals surface area contributed by atoms with Crippen LogP contribution in [0.3, 0.4) is 0 Å². The van der Waals surface area contributed by atoms with Crippen molar-refractivity contribution in [1.82, 2.24) is 14.4 Å². The molecule has 0 amide bonds. The zero-order valence-corrected chi connectivity index (χ0v) is 15.0. The summed E-state index contributed by atoms with van der Waals surface area (Å²) in [5.41, 5.74) is 4.76. The monoisotopic (exact) mass is 371 g/mol. The minimum Gasteiger partial charge on any atom is -0.309 e. The lowest BCUT2D eigenvalue weighted by molar-refractivity contribution is 0.582. The molecule has 4 rings (SSSR count). The molecule has 25 heavy (non-hydrogen) atoms. The van der Waals surface area contributed by atoms with Gasteiger partial charge in [-0.2, -0.15) is 4.37 Å². The van der Waals surface area contributed by atoms with Crippen LogP contribution in [0.15, 0.2) is 58.8 Å². The maximum Gasteiger partial charge on any atom is 0.243 e. The van der Waals surface area contributed by atoms with Crippen molar-refractivity contribution in [3.63, 3.8) is 0 Å². The molecule has 2 heterocycles. The Hall–Kier alpha value is -2.06. The van der Waals surface area contributed by atoms with Gasteiger partial charge in [0.1, 0.15) is 10.6 Å². The van der Waals surface area contributed by atoms with E-state index in [1.165, 1.54) is 11.1 Å². The standard InChI is InChI=1S/C18H17N3O2S2/c22-25(23,17-12-24-21-18(17)14-4-2-1-3-5-14)20-9-13-6-7-15-10-19-11-16(15)8-13/h1-8,12,19-20H,9-11H2. The van der Waals surface area contributed by atoms with Gasteiger partial charge in [-0.05, 0) is 28.2 Å². The molecule has 0 saturated heterocycles. The van der Waals surface area contributed by atoms with Gasteiger partial charge in [0.2, 0.25) is 10.0 Å². The van der Waals surface area contributed by atoms with Crippen molar-refractivity contribution in [1.29, 1.82) is 0 Å². The smallest absolute Gasteiger partial charge is 0.243 e. The van der Waals surface area contributed by atoms with Gasteiger partial charge in [-0.3, -0.25) is 0 Å². The summed E-state index contributed by atoms with van der Waals surface area (Å²) in [6.45, 7) is 1.98.